The first kappa shape index (κ1) is 78.3. The summed E-state index contributed by atoms with van der Waals surface area (Å²) in [5.41, 5.74) is 23.4. The monoisotopic (exact) mass is 1730 g/mol. The predicted octanol–water partition coefficient (Wildman–Crippen LogP) is 30.5. The van der Waals surface area contributed by atoms with E-state index in [1.165, 1.54) is 0 Å². The Morgan fingerprint density at radius 2 is 0.367 bits per heavy atom. The Bertz CT molecular complexity index is 6070. The minimum Gasteiger partial charge on any atom is -0.494 e. The summed E-state index contributed by atoms with van der Waals surface area (Å²) >= 11 is 58.1. The Morgan fingerprint density at radius 1 is 0.192 bits per heavy atom. The molecule has 0 aliphatic carbocycles. The van der Waals surface area contributed by atoms with Gasteiger partial charge in [-0.15, -0.1) is 0 Å². The molecule has 12 heterocycles. The van der Waals surface area contributed by atoms with Crippen LogP contribution in [-0.4, -0.2) is 66.3 Å². The number of hydrogen-bond acceptors (Lipinski definition) is 8. The molecule has 0 amide bonds. The number of aromatic nitrogens is 8. The zero-order valence-electron chi connectivity index (χ0n) is 64.3. The van der Waals surface area contributed by atoms with Gasteiger partial charge in [0.05, 0.1) is 112 Å². The standard InChI is InChI=1S/C100H72Cl8N8O4/c101-65-25-13-26-66(102)93(65)97-81-41-33-73(109-81)89-57-17-9-21-61(53-57)117-49-5-1-2-6-50-118-62-22-10-18-58(54-62)90-75-35-43-83(111-75)99(95-69(105)29-15-30-70(95)106)87-47-39-79(115-87)92(80-40-48-88(116-80)100(84-44-36-76(90)112-84)96-71(107)31-16-32-72(96)108)60-20-12-24-64(56-60)120-52-8-4-3-7-51-119-63-23-11-19-59(55-63)91(77-37-45-85(97)113-77)78-38-46-86(114-78)98(82-42-34-74(89)110-82)94-67(103)27-14-28-68(94)104/h9-48,53-56,109,111,114,116H,1-8,49-52H2. The highest BCUT2D eigenvalue weighted by Gasteiger charge is 2.27. The van der Waals surface area contributed by atoms with Crippen LogP contribution in [0.1, 0.15) is 96.9 Å². The number of aromatic amines is 4. The van der Waals surface area contributed by atoms with Crippen LogP contribution >= 0.6 is 92.8 Å². The third kappa shape index (κ3) is 15.7. The Labute approximate surface area is 732 Å². The fourth-order valence-corrected chi connectivity index (χ4v) is 18.8. The van der Waals surface area contributed by atoms with Gasteiger partial charge >= 0.3 is 0 Å². The molecule has 20 rings (SSSR count). The largest absolute Gasteiger partial charge is 0.494 e. The average Bonchev–Trinajstić information content (AvgIpc) is 1.60. The number of nitrogens with zero attached hydrogens (tertiary/aromatic N) is 4. The first-order chi connectivity index (χ1) is 58.8. The van der Waals surface area contributed by atoms with Crippen molar-refractivity contribution in [2.45, 2.75) is 51.4 Å². The highest BCUT2D eigenvalue weighted by molar-refractivity contribution is 6.42. The molecule has 0 saturated heterocycles. The molecule has 6 aliphatic rings. The number of nitrogens with one attached hydrogen (secondary N) is 4. The van der Waals surface area contributed by atoms with Gasteiger partial charge in [-0.3, -0.25) is 0 Å². The van der Waals surface area contributed by atoms with Gasteiger partial charge in [-0.05, 0) is 268 Å². The summed E-state index contributed by atoms with van der Waals surface area (Å²) in [7, 11) is 0. The summed E-state index contributed by atoms with van der Waals surface area (Å²) in [4.78, 5) is 37.5. The fraction of sp³-hybridized carbons (Fsp3) is 0.120. The van der Waals surface area contributed by atoms with Crippen LogP contribution in [0.2, 0.25) is 40.2 Å². The molecule has 14 aromatic rings. The molecule has 20 heteroatoms. The summed E-state index contributed by atoms with van der Waals surface area (Å²) in [6, 6.07) is 71.2. The topological polar surface area (TPSA) is 152 Å². The van der Waals surface area contributed by atoms with Gasteiger partial charge in [0.2, 0.25) is 0 Å². The number of H-pyrrole nitrogens is 4. The van der Waals surface area contributed by atoms with E-state index in [1.54, 1.807) is 0 Å². The van der Waals surface area contributed by atoms with Gasteiger partial charge in [0.15, 0.2) is 0 Å². The van der Waals surface area contributed by atoms with Crippen molar-refractivity contribution in [1.29, 1.82) is 0 Å². The van der Waals surface area contributed by atoms with Crippen LogP contribution in [0.5, 0.6) is 23.0 Å². The van der Waals surface area contributed by atoms with Crippen LogP contribution < -0.4 is 18.9 Å². The van der Waals surface area contributed by atoms with Gasteiger partial charge in [0, 0.05) is 111 Å². The second kappa shape index (κ2) is 34.3. The van der Waals surface area contributed by atoms with Crippen molar-refractivity contribution in [1.82, 2.24) is 39.9 Å². The highest BCUT2D eigenvalue weighted by atomic mass is 35.5. The van der Waals surface area contributed by atoms with Crippen LogP contribution in [0.3, 0.4) is 0 Å². The summed E-state index contributed by atoms with van der Waals surface area (Å²) in [6.45, 7) is 1.94. The highest BCUT2D eigenvalue weighted by Crippen LogP contribution is 2.49. The lowest BCUT2D eigenvalue weighted by Crippen LogP contribution is -2.00. The number of hydrogen-bond donors (Lipinski definition) is 4. The molecular formula is C100H72Cl8N8O4. The zero-order valence-corrected chi connectivity index (χ0v) is 70.4. The van der Waals surface area contributed by atoms with Crippen LogP contribution in [0, 0.1) is 0 Å². The van der Waals surface area contributed by atoms with Gasteiger partial charge in [0.25, 0.3) is 0 Å². The third-order valence-electron chi connectivity index (χ3n) is 22.0. The molecule has 120 heavy (non-hydrogen) atoms. The minimum atomic E-state index is 0.466. The molecule has 0 saturated carbocycles. The Kier molecular flexibility index (Phi) is 22.4. The number of rotatable bonds is 4. The Balaban J connectivity index is 0.722. The summed E-state index contributed by atoms with van der Waals surface area (Å²) in [5.74, 6) is 2.82. The van der Waals surface area contributed by atoms with Gasteiger partial charge in [-0.1, -0.05) is 166 Å². The molecule has 0 unspecified atom stereocenters. The molecule has 28 bridgehead atoms. The van der Waals surface area contributed by atoms with E-state index < -0.39 is 0 Å². The molecule has 0 fully saturated rings. The maximum atomic E-state index is 7.26. The Morgan fingerprint density at radius 3 is 0.567 bits per heavy atom. The van der Waals surface area contributed by atoms with Crippen LogP contribution in [-0.2, 0) is 0 Å². The third-order valence-corrected chi connectivity index (χ3v) is 24.5. The molecule has 6 aromatic heterocycles. The van der Waals surface area contributed by atoms with E-state index in [-0.39, 0.29) is 0 Å². The van der Waals surface area contributed by atoms with Crippen molar-refractivity contribution < 1.29 is 18.9 Å². The van der Waals surface area contributed by atoms with Crippen molar-refractivity contribution in [3.63, 3.8) is 0 Å². The molecule has 592 valence electrons. The second-order valence-corrected chi connectivity index (χ2v) is 33.0. The van der Waals surface area contributed by atoms with Crippen molar-refractivity contribution >= 4 is 186 Å². The van der Waals surface area contributed by atoms with Gasteiger partial charge in [-0.25, -0.2) is 19.9 Å². The Hall–Kier alpha value is -11.5. The second-order valence-electron chi connectivity index (χ2n) is 29.7. The predicted molar refractivity (Wildman–Crippen MR) is 500 cm³/mol. The first-order valence-electron chi connectivity index (χ1n) is 39.8. The van der Waals surface area contributed by atoms with E-state index in [1.807, 2.05) is 194 Å². The van der Waals surface area contributed by atoms with Crippen LogP contribution in [0.4, 0.5) is 0 Å². The molecule has 4 N–H and O–H groups in total. The summed E-state index contributed by atoms with van der Waals surface area (Å²) in [6.07, 6.45) is 23.0. The molecule has 0 atom stereocenters. The molecule has 0 radical (unpaired) electrons. The maximum absolute atomic E-state index is 7.26. The lowest BCUT2D eigenvalue weighted by molar-refractivity contribution is 0.287. The van der Waals surface area contributed by atoms with Crippen LogP contribution in [0.25, 0.3) is 182 Å². The van der Waals surface area contributed by atoms with Crippen molar-refractivity contribution in [2.24, 2.45) is 0 Å². The lowest BCUT2D eigenvalue weighted by Gasteiger charge is -2.11. The SMILES string of the molecule is Clc1cccc(Cl)c1-c1c2nc(c3c4ccc([nH]4)c(-c4c(Cl)cccc4Cl)c4nc(c(c5ccc1[nH]5)-c1cccc(c1)OCCCCCCOc1cccc(c1)-c1c5nc(c(-c6c(Cl)cccc6Cl)c6ccc([nH]6)c(c6nc(c(-c7c(Cl)cccc7Cl)c7ccc1[nH]7)C=C6)-c1cccc(c1)OCCCCCCOc1cccc-3c1)C=C5)C=C4)C=C2. The molecule has 8 aromatic carbocycles. The summed E-state index contributed by atoms with van der Waals surface area (Å²) in [5, 5.41) is 3.73. The molecule has 0 spiro atoms. The van der Waals surface area contributed by atoms with Gasteiger partial charge < -0.3 is 38.9 Å². The first-order valence-corrected chi connectivity index (χ1v) is 42.8. The molecule has 6 aliphatic heterocycles. The number of ether oxygens (including phenoxy) is 4. The van der Waals surface area contributed by atoms with E-state index in [0.29, 0.717) is 180 Å². The van der Waals surface area contributed by atoms with E-state index in [4.69, 9.17) is 132 Å². The fourth-order valence-electron chi connectivity index (χ4n) is 16.5. The number of halogens is 8. The molecule has 12 nitrogen and oxygen atoms in total. The molecular weight excluding hydrogens is 1660 g/mol. The lowest BCUT2D eigenvalue weighted by atomic mass is 10.0. The quantitative estimate of drug-likeness (QED) is 0.136. The number of benzene rings is 8. The maximum Gasteiger partial charge on any atom is 0.119 e. The van der Waals surface area contributed by atoms with Crippen molar-refractivity contribution in [2.75, 3.05) is 26.4 Å². The average molecular weight is 1730 g/mol. The number of fused-ring (bicyclic) bond motifs is 18. The van der Waals surface area contributed by atoms with Gasteiger partial charge in [-0.2, -0.15) is 0 Å². The van der Waals surface area contributed by atoms with E-state index in [9.17, 15) is 0 Å². The van der Waals surface area contributed by atoms with E-state index in [0.717, 1.165) is 140 Å². The van der Waals surface area contributed by atoms with Crippen molar-refractivity contribution in [3.8, 4) is 112 Å². The smallest absolute Gasteiger partial charge is 0.119 e. The van der Waals surface area contributed by atoms with E-state index >= 15 is 0 Å². The van der Waals surface area contributed by atoms with Crippen LogP contribution in [0.15, 0.2) is 218 Å². The van der Waals surface area contributed by atoms with Crippen molar-refractivity contribution in [3.05, 3.63) is 304 Å². The zero-order chi connectivity index (χ0) is 81.5. The minimum absolute atomic E-state index is 0.466. The normalized spacial score (nSPS) is 13.7. The van der Waals surface area contributed by atoms with Gasteiger partial charge in [0.1, 0.15) is 23.0 Å². The summed E-state index contributed by atoms with van der Waals surface area (Å²) < 4.78 is 26.6. The van der Waals surface area contributed by atoms with E-state index in [2.05, 4.69) is 92.7 Å².